The number of pyridine rings is 2. The first kappa shape index (κ1) is 34.4. The Kier molecular flexibility index (Phi) is 9.75. The van der Waals surface area contributed by atoms with Crippen LogP contribution >= 0.6 is 0 Å². The summed E-state index contributed by atoms with van der Waals surface area (Å²) in [6.07, 6.45) is 2.02. The minimum absolute atomic E-state index is 0. The summed E-state index contributed by atoms with van der Waals surface area (Å²) < 4.78 is 8.66. The Hall–Kier alpha value is -3.90. The maximum atomic E-state index is 6.38. The van der Waals surface area contributed by atoms with Crippen LogP contribution in [-0.4, -0.2) is 27.6 Å². The van der Waals surface area contributed by atoms with E-state index in [4.69, 9.17) is 14.4 Å². The van der Waals surface area contributed by atoms with E-state index in [1.807, 2.05) is 42.6 Å². The topological polar surface area (TPSA) is 56.7 Å². The number of benzene rings is 3. The predicted molar refractivity (Wildman–Crippen MR) is 194 cm³/mol. The van der Waals surface area contributed by atoms with Crippen molar-refractivity contribution >= 4 is 46.4 Å². The monoisotopic (exact) mass is 815 g/mol. The summed E-state index contributed by atoms with van der Waals surface area (Å²) in [5, 5.41) is 3.53. The quantitative estimate of drug-likeness (QED) is 0.131. The number of fused-ring (bicyclic) bond motifs is 4. The first-order chi connectivity index (χ1) is 21.8. The van der Waals surface area contributed by atoms with Gasteiger partial charge in [-0.05, 0) is 61.8 Å². The maximum absolute atomic E-state index is 6.38. The molecule has 0 saturated carbocycles. The van der Waals surface area contributed by atoms with Crippen LogP contribution < -0.4 is 5.19 Å². The summed E-state index contributed by atoms with van der Waals surface area (Å²) in [7, 11) is -1.23. The Morgan fingerprint density at radius 2 is 1.62 bits per heavy atom. The molecule has 0 fully saturated rings. The first-order valence-electron chi connectivity index (χ1n) is 16.0. The predicted octanol–water partition coefficient (Wildman–Crippen LogP) is 10.1. The van der Waals surface area contributed by atoms with Gasteiger partial charge in [0.2, 0.25) is 5.71 Å². The van der Waals surface area contributed by atoms with Gasteiger partial charge in [0, 0.05) is 42.9 Å². The van der Waals surface area contributed by atoms with Gasteiger partial charge in [0.1, 0.15) is 0 Å². The molecule has 0 saturated heterocycles. The Labute approximate surface area is 292 Å². The number of aryl methyl sites for hydroxylation is 1. The summed E-state index contributed by atoms with van der Waals surface area (Å²) in [5.41, 5.74) is 8.53. The van der Waals surface area contributed by atoms with Crippen LogP contribution in [0.1, 0.15) is 51.8 Å². The van der Waals surface area contributed by atoms with E-state index in [0.717, 1.165) is 61.3 Å². The number of imidazole rings is 1. The van der Waals surface area contributed by atoms with Crippen LogP contribution in [0.3, 0.4) is 0 Å². The average Bonchev–Trinajstić information content (AvgIpc) is 3.61. The fraction of sp³-hybridized carbons (Fsp3) is 0.275. The Morgan fingerprint density at radius 1 is 0.872 bits per heavy atom. The van der Waals surface area contributed by atoms with E-state index in [0.29, 0.717) is 11.6 Å². The van der Waals surface area contributed by atoms with E-state index in [-0.39, 0.29) is 25.6 Å². The molecule has 7 heteroatoms. The van der Waals surface area contributed by atoms with Gasteiger partial charge in [0.05, 0.1) is 30.5 Å². The zero-order valence-electron chi connectivity index (χ0n) is 28.7. The second-order valence-corrected chi connectivity index (χ2v) is 19.4. The van der Waals surface area contributed by atoms with E-state index >= 15 is 0 Å². The van der Waals surface area contributed by atoms with Crippen molar-refractivity contribution in [3.8, 4) is 22.6 Å². The van der Waals surface area contributed by atoms with Crippen molar-refractivity contribution < 1.29 is 24.5 Å². The van der Waals surface area contributed by atoms with Crippen molar-refractivity contribution in [3.05, 3.63) is 108 Å². The molecule has 0 bridgehead atoms. The molecule has 47 heavy (non-hydrogen) atoms. The maximum Gasteiger partial charge on any atom is 0.216 e. The molecule has 0 aliphatic rings. The van der Waals surface area contributed by atoms with Crippen LogP contribution in [0.2, 0.25) is 19.6 Å². The van der Waals surface area contributed by atoms with E-state index in [2.05, 4.69) is 125 Å². The van der Waals surface area contributed by atoms with Crippen molar-refractivity contribution in [3.63, 3.8) is 0 Å². The van der Waals surface area contributed by atoms with Gasteiger partial charge in [-0.1, -0.05) is 75.6 Å². The largest absolute Gasteiger partial charge is 0.486 e. The molecular weight excluding hydrogens is 773 g/mol. The van der Waals surface area contributed by atoms with Gasteiger partial charge < -0.3 is 14.0 Å². The standard InChI is InChI=1S/C26H26N3O.C14H16NSi.Ir/c1-15(2)19-14-13-17-22-16(3)11-12-18(23(22)30-25(17)28-19)24-27-20-9-7-8-10-21(20)29(24)26(4,5)6;1-16(2,3)13-9-10-14(15-11-13)12-7-5-4-6-8-12;/h7-11,13-15H,1-6H3;4-7,9-11H,1-3H3;/q2*-1;. The normalized spacial score (nSPS) is 12.0. The molecule has 4 aromatic heterocycles. The van der Waals surface area contributed by atoms with Gasteiger partial charge in [-0.25, -0.2) is 4.98 Å². The van der Waals surface area contributed by atoms with Crippen LogP contribution in [0.25, 0.3) is 55.7 Å². The fourth-order valence-electron chi connectivity index (χ4n) is 5.79. The van der Waals surface area contributed by atoms with E-state index < -0.39 is 8.07 Å². The van der Waals surface area contributed by atoms with Crippen LogP contribution in [0.15, 0.2) is 89.5 Å². The third-order valence-electron chi connectivity index (χ3n) is 8.29. The molecule has 7 aromatic rings. The molecule has 243 valence electrons. The van der Waals surface area contributed by atoms with Gasteiger partial charge in [-0.2, -0.15) is 0 Å². The number of rotatable bonds is 4. The first-order valence-corrected chi connectivity index (χ1v) is 19.5. The summed E-state index contributed by atoms with van der Waals surface area (Å²) in [6.45, 7) is 20.0. The zero-order valence-corrected chi connectivity index (χ0v) is 32.1. The van der Waals surface area contributed by atoms with E-state index in [1.54, 1.807) is 0 Å². The van der Waals surface area contributed by atoms with Gasteiger partial charge in [-0.15, -0.1) is 53.6 Å². The molecule has 5 nitrogen and oxygen atoms in total. The molecule has 0 atom stereocenters. The molecular formula is C40H42IrN4OSi-2. The smallest absolute Gasteiger partial charge is 0.216 e. The fourth-order valence-corrected chi connectivity index (χ4v) is 6.82. The number of nitrogens with zero attached hydrogens (tertiary/aromatic N) is 4. The summed E-state index contributed by atoms with van der Waals surface area (Å²) >= 11 is 0. The molecule has 4 heterocycles. The molecule has 0 aliphatic carbocycles. The van der Waals surface area contributed by atoms with Crippen molar-refractivity contribution in [2.75, 3.05) is 0 Å². The second kappa shape index (κ2) is 13.3. The molecule has 0 unspecified atom stereocenters. The molecule has 0 aliphatic heterocycles. The molecule has 0 N–H and O–H groups in total. The Morgan fingerprint density at radius 3 is 2.26 bits per heavy atom. The minimum atomic E-state index is -1.23. The molecule has 7 rings (SSSR count). The van der Waals surface area contributed by atoms with Gasteiger partial charge in [0.25, 0.3) is 0 Å². The number of para-hydroxylation sites is 2. The van der Waals surface area contributed by atoms with Crippen molar-refractivity contribution in [2.24, 2.45) is 0 Å². The SMILES string of the molecule is C[Si](C)(C)c1ccc(-c2[c-]cccc2)nc1.Cc1c[c-]c(-c2nc3ccccc3n2C(C)(C)C)c2oc3nc(C(C)C)ccc3c12.[Ir]. The van der Waals surface area contributed by atoms with Gasteiger partial charge in [-0.3, -0.25) is 4.98 Å². The van der Waals surface area contributed by atoms with Crippen LogP contribution in [0.5, 0.6) is 0 Å². The third kappa shape index (κ3) is 6.89. The Bertz CT molecular complexity index is 2150. The average molecular weight is 815 g/mol. The van der Waals surface area contributed by atoms with Crippen LogP contribution in [-0.2, 0) is 25.6 Å². The van der Waals surface area contributed by atoms with Crippen molar-refractivity contribution in [2.45, 2.75) is 72.6 Å². The van der Waals surface area contributed by atoms with E-state index in [1.165, 1.54) is 5.19 Å². The van der Waals surface area contributed by atoms with E-state index in [9.17, 15) is 0 Å². The summed E-state index contributed by atoms with van der Waals surface area (Å²) in [4.78, 5) is 14.3. The zero-order chi connectivity index (χ0) is 32.8. The van der Waals surface area contributed by atoms with Crippen molar-refractivity contribution in [1.82, 2.24) is 19.5 Å². The summed E-state index contributed by atoms with van der Waals surface area (Å²) in [6, 6.07) is 33.4. The second-order valence-electron chi connectivity index (χ2n) is 14.3. The van der Waals surface area contributed by atoms with Gasteiger partial charge >= 0.3 is 0 Å². The third-order valence-corrected chi connectivity index (χ3v) is 10.3. The van der Waals surface area contributed by atoms with Crippen molar-refractivity contribution in [1.29, 1.82) is 0 Å². The molecule has 0 amide bonds. The summed E-state index contributed by atoms with van der Waals surface area (Å²) in [5.74, 6) is 1.22. The molecule has 3 aromatic carbocycles. The molecule has 1 radical (unpaired) electrons. The van der Waals surface area contributed by atoms with Gasteiger partial charge in [0.15, 0.2) is 0 Å². The Balaban J connectivity index is 0.000000217. The van der Waals surface area contributed by atoms with Crippen LogP contribution in [0, 0.1) is 19.1 Å². The number of hydrogen-bond donors (Lipinski definition) is 0. The molecule has 0 spiro atoms. The number of aromatic nitrogens is 4. The number of hydrogen-bond acceptors (Lipinski definition) is 4. The number of furan rings is 1. The minimum Gasteiger partial charge on any atom is -0.486 e. The van der Waals surface area contributed by atoms with Crippen LogP contribution in [0.4, 0.5) is 0 Å².